The molecule has 0 radical (unpaired) electrons. The number of allylic oxidation sites excluding steroid dienone is 5. The van der Waals surface area contributed by atoms with Crippen LogP contribution >= 0.6 is 0 Å². The van der Waals surface area contributed by atoms with Crippen LogP contribution in [0.25, 0.3) is 0 Å². The summed E-state index contributed by atoms with van der Waals surface area (Å²) in [6.45, 7) is 4.94. The molecule has 6 heteroatoms. The smallest absolute Gasteiger partial charge is 0.305 e. The second kappa shape index (κ2) is 72.6. The first-order valence-electron chi connectivity index (χ1n) is 37.8. The van der Waals surface area contributed by atoms with Gasteiger partial charge in [-0.15, -0.1) is 0 Å². The fourth-order valence-corrected chi connectivity index (χ4v) is 11.9. The van der Waals surface area contributed by atoms with E-state index in [0.717, 1.165) is 44.9 Å². The lowest BCUT2D eigenvalue weighted by Gasteiger charge is -2.20. The second-order valence-electron chi connectivity index (χ2n) is 26.0. The fraction of sp³-hybridized carbons (Fsp3) is 0.896. The molecule has 0 aliphatic carbocycles. The van der Waals surface area contributed by atoms with Crippen LogP contribution in [-0.4, -0.2) is 47.4 Å². The summed E-state index contributed by atoms with van der Waals surface area (Å²) in [7, 11) is 0. The van der Waals surface area contributed by atoms with Crippen molar-refractivity contribution in [1.29, 1.82) is 0 Å². The van der Waals surface area contributed by atoms with Gasteiger partial charge in [0, 0.05) is 12.8 Å². The van der Waals surface area contributed by atoms with E-state index < -0.39 is 12.1 Å². The van der Waals surface area contributed by atoms with E-state index in [-0.39, 0.29) is 18.5 Å². The Morgan fingerprint density at radius 1 is 0.325 bits per heavy atom. The van der Waals surface area contributed by atoms with Gasteiger partial charge in [-0.05, 0) is 83.5 Å². The molecule has 0 heterocycles. The summed E-state index contributed by atoms with van der Waals surface area (Å²) in [6.07, 6.45) is 93.9. The first-order valence-corrected chi connectivity index (χ1v) is 37.8. The van der Waals surface area contributed by atoms with Gasteiger partial charge >= 0.3 is 5.97 Å². The van der Waals surface area contributed by atoms with Crippen molar-refractivity contribution in [2.75, 3.05) is 13.2 Å². The van der Waals surface area contributed by atoms with Gasteiger partial charge in [0.2, 0.25) is 5.91 Å². The van der Waals surface area contributed by atoms with Crippen LogP contribution in [0.1, 0.15) is 418 Å². The lowest BCUT2D eigenvalue weighted by atomic mass is 10.0. The van der Waals surface area contributed by atoms with Crippen LogP contribution in [0.2, 0.25) is 0 Å². The minimum atomic E-state index is -0.843. The van der Waals surface area contributed by atoms with Crippen molar-refractivity contribution in [3.8, 4) is 0 Å². The molecule has 0 rings (SSSR count). The highest BCUT2D eigenvalue weighted by Gasteiger charge is 2.18. The zero-order valence-corrected chi connectivity index (χ0v) is 56.2. The van der Waals surface area contributed by atoms with Crippen molar-refractivity contribution in [2.24, 2.45) is 0 Å². The Balaban J connectivity index is 3.36. The lowest BCUT2D eigenvalue weighted by molar-refractivity contribution is -0.143. The molecule has 0 fully saturated rings. The molecule has 0 saturated heterocycles. The van der Waals surface area contributed by atoms with Gasteiger partial charge in [0.15, 0.2) is 0 Å². The number of hydrogen-bond acceptors (Lipinski definition) is 5. The zero-order chi connectivity index (χ0) is 59.9. The molecule has 2 unspecified atom stereocenters. The van der Waals surface area contributed by atoms with E-state index in [2.05, 4.69) is 43.5 Å². The Bertz CT molecular complexity index is 1340. The first kappa shape index (κ1) is 81.1. The number of hydrogen-bond donors (Lipinski definition) is 3. The fourth-order valence-electron chi connectivity index (χ4n) is 11.9. The monoisotopic (exact) mass is 1170 g/mol. The van der Waals surface area contributed by atoms with Gasteiger partial charge in [-0.25, -0.2) is 0 Å². The van der Waals surface area contributed by atoms with Crippen molar-refractivity contribution < 1.29 is 24.5 Å². The summed E-state index contributed by atoms with van der Waals surface area (Å²) in [6, 6.07) is -0.626. The van der Waals surface area contributed by atoms with Crippen molar-refractivity contribution in [2.45, 2.75) is 431 Å². The summed E-state index contributed by atoms with van der Waals surface area (Å²) in [5, 5.41) is 23.2. The number of nitrogens with one attached hydrogen (secondary N) is 1. The third-order valence-corrected chi connectivity index (χ3v) is 17.6. The number of carbonyl (C=O) groups excluding carboxylic acids is 2. The summed E-state index contributed by atoms with van der Waals surface area (Å²) < 4.78 is 5.50. The molecule has 3 N–H and O–H groups in total. The number of esters is 1. The van der Waals surface area contributed by atoms with E-state index in [1.165, 1.54) is 347 Å². The third-order valence-electron chi connectivity index (χ3n) is 17.6. The van der Waals surface area contributed by atoms with Crippen LogP contribution in [-0.2, 0) is 14.3 Å². The van der Waals surface area contributed by atoms with Crippen LogP contribution in [0, 0.1) is 0 Å². The van der Waals surface area contributed by atoms with E-state index in [1.807, 2.05) is 6.08 Å². The molecule has 1 amide bonds. The quantitative estimate of drug-likeness (QED) is 0.0320. The largest absolute Gasteiger partial charge is 0.466 e. The minimum Gasteiger partial charge on any atom is -0.466 e. The molecule has 0 aromatic rings. The van der Waals surface area contributed by atoms with E-state index in [0.29, 0.717) is 19.4 Å². The number of rotatable bonds is 71. The van der Waals surface area contributed by atoms with Crippen molar-refractivity contribution >= 4 is 11.9 Å². The van der Waals surface area contributed by atoms with Crippen molar-refractivity contribution in [1.82, 2.24) is 5.32 Å². The van der Waals surface area contributed by atoms with Crippen LogP contribution in [0.15, 0.2) is 36.5 Å². The maximum absolute atomic E-state index is 12.5. The van der Waals surface area contributed by atoms with E-state index in [9.17, 15) is 19.8 Å². The van der Waals surface area contributed by atoms with Gasteiger partial charge in [0.25, 0.3) is 0 Å². The highest BCUT2D eigenvalue weighted by molar-refractivity contribution is 5.76. The van der Waals surface area contributed by atoms with E-state index >= 15 is 0 Å². The first-order chi connectivity index (χ1) is 41.0. The van der Waals surface area contributed by atoms with Gasteiger partial charge in [0.05, 0.1) is 25.4 Å². The van der Waals surface area contributed by atoms with Crippen LogP contribution in [0.5, 0.6) is 0 Å². The molecule has 0 aliphatic heterocycles. The number of unbranched alkanes of at least 4 members (excludes halogenated alkanes) is 56. The normalized spacial score (nSPS) is 12.7. The minimum absolute atomic E-state index is 0.0116. The molecular weight excluding hydrogens is 1020 g/mol. The maximum Gasteiger partial charge on any atom is 0.305 e. The Labute approximate surface area is 519 Å². The van der Waals surface area contributed by atoms with Crippen molar-refractivity contribution in [3.63, 3.8) is 0 Å². The van der Waals surface area contributed by atoms with Gasteiger partial charge in [-0.2, -0.15) is 0 Å². The molecule has 0 bridgehead atoms. The Morgan fingerprint density at radius 3 is 0.855 bits per heavy atom. The highest BCUT2D eigenvalue weighted by atomic mass is 16.5. The van der Waals surface area contributed by atoms with Crippen LogP contribution in [0.4, 0.5) is 0 Å². The summed E-state index contributed by atoms with van der Waals surface area (Å²) in [5.74, 6) is -0.0502. The van der Waals surface area contributed by atoms with Crippen molar-refractivity contribution in [3.05, 3.63) is 36.5 Å². The van der Waals surface area contributed by atoms with Gasteiger partial charge < -0.3 is 20.3 Å². The summed E-state index contributed by atoms with van der Waals surface area (Å²) in [5.41, 5.74) is 0. The Morgan fingerprint density at radius 2 is 0.566 bits per heavy atom. The lowest BCUT2D eigenvalue weighted by Crippen LogP contribution is -2.45. The molecule has 0 aromatic heterocycles. The van der Waals surface area contributed by atoms with Crippen LogP contribution in [0.3, 0.4) is 0 Å². The number of carbonyl (C=O) groups is 2. The molecule has 0 saturated carbocycles. The predicted octanol–water partition coefficient (Wildman–Crippen LogP) is 24.7. The standard InChI is InChI=1S/C77H147NO5/c1-3-5-7-9-11-13-15-17-19-38-41-45-49-53-57-61-65-69-75(80)74(73-79)78-76(81)70-66-62-58-54-50-46-42-39-36-34-32-30-28-26-24-22-21-23-25-27-29-31-33-35-37-40-44-48-52-56-60-64-68-72-83-77(82)71-67-63-59-55-51-47-43-20-18-16-14-12-10-8-6-4-2/h20,25,27,43,65,69,74-75,79-80H,3-19,21-24,26,28-42,44-64,66-68,70-73H2,1-2H3,(H,78,81)/b27-25-,43-20-,69-65+. The van der Waals surface area contributed by atoms with Gasteiger partial charge in [-0.3, -0.25) is 9.59 Å². The average Bonchev–Trinajstić information content (AvgIpc) is 3.49. The molecule has 0 aromatic carbocycles. The topological polar surface area (TPSA) is 95.9 Å². The molecule has 83 heavy (non-hydrogen) atoms. The number of amides is 1. The number of aliphatic hydroxyl groups excluding tert-OH is 2. The third kappa shape index (κ3) is 69.1. The second-order valence-corrected chi connectivity index (χ2v) is 26.0. The van der Waals surface area contributed by atoms with Gasteiger partial charge in [0.1, 0.15) is 0 Å². The van der Waals surface area contributed by atoms with E-state index in [4.69, 9.17) is 4.74 Å². The highest BCUT2D eigenvalue weighted by Crippen LogP contribution is 2.19. The van der Waals surface area contributed by atoms with E-state index in [1.54, 1.807) is 6.08 Å². The molecule has 490 valence electrons. The average molecular weight is 1170 g/mol. The molecule has 6 nitrogen and oxygen atoms in total. The Hall–Kier alpha value is -1.92. The SMILES string of the molecule is CCCCCCCCC/C=C\CCCCCCCC(=O)OCCCCCCCCCCCCCC/C=C\CCCCCCCCCCCCCCCCCCCC(=O)NC(CO)C(O)/C=C/CCCCCCCCCCCCCCCCC. The summed E-state index contributed by atoms with van der Waals surface area (Å²) in [4.78, 5) is 24.6. The summed E-state index contributed by atoms with van der Waals surface area (Å²) >= 11 is 0. The molecular formula is C77H147NO5. The number of ether oxygens (including phenoxy) is 1. The van der Waals surface area contributed by atoms with Gasteiger partial charge in [-0.1, -0.05) is 359 Å². The Kier molecular flexibility index (Phi) is 70.9. The maximum atomic E-state index is 12.5. The predicted molar refractivity (Wildman–Crippen MR) is 366 cm³/mol. The van der Waals surface area contributed by atoms with Crippen LogP contribution < -0.4 is 5.32 Å². The zero-order valence-electron chi connectivity index (χ0n) is 56.2. The molecule has 0 aliphatic rings. The molecule has 0 spiro atoms. The molecule has 2 atom stereocenters. The number of aliphatic hydroxyl groups is 2.